The summed E-state index contributed by atoms with van der Waals surface area (Å²) in [6.07, 6.45) is 5.31. The second-order valence-electron chi connectivity index (χ2n) is 5.80. The lowest BCUT2D eigenvalue weighted by Gasteiger charge is -2.31. The molecular formula is C16H22N4O3. The van der Waals surface area contributed by atoms with Crippen LogP contribution in [0.15, 0.2) is 16.9 Å². The number of rotatable bonds is 5. The van der Waals surface area contributed by atoms with Gasteiger partial charge in [-0.2, -0.15) is 9.97 Å². The van der Waals surface area contributed by atoms with Crippen molar-refractivity contribution in [3.63, 3.8) is 0 Å². The standard InChI is InChI=1S/C16H22N4O3/c1-11-15(12(2)23-19-11)10-20-6-4-13(5-7-20)22-16-17-8-14(21-3)9-18-16/h8-9,13H,4-7,10H2,1-3H3. The third kappa shape index (κ3) is 3.79. The number of hydrogen-bond donors (Lipinski definition) is 0. The Labute approximate surface area is 135 Å². The minimum absolute atomic E-state index is 0.157. The molecule has 0 saturated carbocycles. The van der Waals surface area contributed by atoms with Crippen molar-refractivity contribution in [2.45, 2.75) is 39.3 Å². The molecular weight excluding hydrogens is 296 g/mol. The van der Waals surface area contributed by atoms with Gasteiger partial charge in [0.1, 0.15) is 11.9 Å². The summed E-state index contributed by atoms with van der Waals surface area (Å²) in [5, 5.41) is 4.01. The molecule has 3 rings (SSSR count). The van der Waals surface area contributed by atoms with E-state index < -0.39 is 0 Å². The predicted octanol–water partition coefficient (Wildman–Crippen LogP) is 2.13. The second-order valence-corrected chi connectivity index (χ2v) is 5.80. The van der Waals surface area contributed by atoms with Crippen LogP contribution in [0.2, 0.25) is 0 Å². The van der Waals surface area contributed by atoms with E-state index in [1.54, 1.807) is 19.5 Å². The van der Waals surface area contributed by atoms with Crippen LogP contribution in [-0.4, -0.2) is 46.3 Å². The van der Waals surface area contributed by atoms with Crippen molar-refractivity contribution in [3.8, 4) is 11.8 Å². The summed E-state index contributed by atoms with van der Waals surface area (Å²) in [7, 11) is 1.59. The maximum Gasteiger partial charge on any atom is 0.316 e. The van der Waals surface area contributed by atoms with Crippen molar-refractivity contribution in [1.82, 2.24) is 20.0 Å². The quantitative estimate of drug-likeness (QED) is 0.836. The zero-order chi connectivity index (χ0) is 16.2. The summed E-state index contributed by atoms with van der Waals surface area (Å²) in [4.78, 5) is 10.7. The van der Waals surface area contributed by atoms with Gasteiger partial charge in [0.25, 0.3) is 0 Å². The van der Waals surface area contributed by atoms with E-state index in [0.29, 0.717) is 11.8 Å². The van der Waals surface area contributed by atoms with Gasteiger partial charge < -0.3 is 14.0 Å². The molecule has 3 heterocycles. The molecule has 0 amide bonds. The molecule has 2 aromatic rings. The van der Waals surface area contributed by atoms with Crippen LogP contribution in [0.5, 0.6) is 11.8 Å². The summed E-state index contributed by atoms with van der Waals surface area (Å²) in [6.45, 7) is 6.79. The predicted molar refractivity (Wildman–Crippen MR) is 83.5 cm³/mol. The fourth-order valence-corrected chi connectivity index (χ4v) is 2.76. The summed E-state index contributed by atoms with van der Waals surface area (Å²) in [5.41, 5.74) is 2.18. The first kappa shape index (κ1) is 15.7. The van der Waals surface area contributed by atoms with Crippen LogP contribution in [0.25, 0.3) is 0 Å². The van der Waals surface area contributed by atoms with E-state index in [2.05, 4.69) is 20.0 Å². The van der Waals surface area contributed by atoms with E-state index >= 15 is 0 Å². The average Bonchev–Trinajstić information content (AvgIpc) is 2.89. The third-order valence-electron chi connectivity index (χ3n) is 4.21. The number of ether oxygens (including phenoxy) is 2. The van der Waals surface area contributed by atoms with Gasteiger partial charge >= 0.3 is 6.01 Å². The van der Waals surface area contributed by atoms with Crippen molar-refractivity contribution in [3.05, 3.63) is 29.4 Å². The molecule has 1 aliphatic rings. The molecule has 7 nitrogen and oxygen atoms in total. The minimum atomic E-state index is 0.157. The smallest absolute Gasteiger partial charge is 0.316 e. The lowest BCUT2D eigenvalue weighted by Crippen LogP contribution is -2.38. The summed E-state index contributed by atoms with van der Waals surface area (Å²) >= 11 is 0. The lowest BCUT2D eigenvalue weighted by molar-refractivity contribution is 0.0888. The maximum atomic E-state index is 5.85. The van der Waals surface area contributed by atoms with E-state index in [0.717, 1.165) is 43.9 Å². The van der Waals surface area contributed by atoms with E-state index in [4.69, 9.17) is 14.0 Å². The maximum absolute atomic E-state index is 5.85. The highest BCUT2D eigenvalue weighted by atomic mass is 16.5. The second kappa shape index (κ2) is 6.95. The van der Waals surface area contributed by atoms with Gasteiger partial charge in [0.2, 0.25) is 0 Å². The Morgan fingerprint density at radius 3 is 2.48 bits per heavy atom. The molecule has 0 aliphatic carbocycles. The third-order valence-corrected chi connectivity index (χ3v) is 4.21. The van der Waals surface area contributed by atoms with E-state index in [1.807, 2.05) is 13.8 Å². The monoisotopic (exact) mass is 318 g/mol. The molecule has 0 atom stereocenters. The molecule has 1 aliphatic heterocycles. The number of likely N-dealkylation sites (tertiary alicyclic amines) is 1. The lowest BCUT2D eigenvalue weighted by atomic mass is 10.1. The molecule has 0 unspecified atom stereocenters. The molecule has 0 radical (unpaired) electrons. The molecule has 2 aromatic heterocycles. The number of hydrogen-bond acceptors (Lipinski definition) is 7. The molecule has 23 heavy (non-hydrogen) atoms. The Bertz CT molecular complexity index is 614. The topological polar surface area (TPSA) is 73.5 Å². The van der Waals surface area contributed by atoms with Crippen LogP contribution in [0.3, 0.4) is 0 Å². The van der Waals surface area contributed by atoms with Crippen molar-refractivity contribution in [1.29, 1.82) is 0 Å². The van der Waals surface area contributed by atoms with Crippen LogP contribution in [-0.2, 0) is 6.54 Å². The Kier molecular flexibility index (Phi) is 4.76. The van der Waals surface area contributed by atoms with Gasteiger partial charge in [-0.25, -0.2) is 0 Å². The first-order valence-corrected chi connectivity index (χ1v) is 7.82. The van der Waals surface area contributed by atoms with E-state index in [-0.39, 0.29) is 6.10 Å². The van der Waals surface area contributed by atoms with Gasteiger partial charge in [0.15, 0.2) is 5.75 Å². The van der Waals surface area contributed by atoms with Crippen molar-refractivity contribution < 1.29 is 14.0 Å². The Hall–Kier alpha value is -2.15. The van der Waals surface area contributed by atoms with Gasteiger partial charge in [-0.1, -0.05) is 5.16 Å². The summed E-state index contributed by atoms with van der Waals surface area (Å²) < 4.78 is 16.1. The molecule has 7 heteroatoms. The number of nitrogens with zero attached hydrogens (tertiary/aromatic N) is 4. The highest BCUT2D eigenvalue weighted by molar-refractivity contribution is 5.20. The van der Waals surface area contributed by atoms with Crippen LogP contribution in [0.1, 0.15) is 29.9 Å². The molecule has 1 fully saturated rings. The molecule has 0 aromatic carbocycles. The molecule has 0 N–H and O–H groups in total. The van der Waals surface area contributed by atoms with Crippen molar-refractivity contribution in [2.75, 3.05) is 20.2 Å². The molecule has 0 spiro atoms. The Balaban J connectivity index is 1.50. The van der Waals surface area contributed by atoms with Gasteiger partial charge in [-0.05, 0) is 26.7 Å². The molecule has 0 bridgehead atoms. The SMILES string of the molecule is COc1cnc(OC2CCN(Cc3c(C)noc3C)CC2)nc1. The zero-order valence-electron chi connectivity index (χ0n) is 13.8. The van der Waals surface area contributed by atoms with Crippen LogP contribution in [0, 0.1) is 13.8 Å². The summed E-state index contributed by atoms with van der Waals surface area (Å²) in [5.74, 6) is 1.54. The number of aromatic nitrogens is 3. The summed E-state index contributed by atoms with van der Waals surface area (Å²) in [6, 6.07) is 0.412. The van der Waals surface area contributed by atoms with Crippen molar-refractivity contribution >= 4 is 0 Å². The van der Waals surface area contributed by atoms with Gasteiger partial charge in [-0.15, -0.1) is 0 Å². The minimum Gasteiger partial charge on any atom is -0.494 e. The first-order chi connectivity index (χ1) is 11.2. The number of methoxy groups -OCH3 is 1. The van der Waals surface area contributed by atoms with Crippen LogP contribution in [0.4, 0.5) is 0 Å². The normalized spacial score (nSPS) is 16.5. The fraction of sp³-hybridized carbons (Fsp3) is 0.562. The van der Waals surface area contributed by atoms with Crippen LogP contribution < -0.4 is 9.47 Å². The number of piperidine rings is 1. The van der Waals surface area contributed by atoms with E-state index in [1.165, 1.54) is 5.56 Å². The zero-order valence-corrected chi connectivity index (χ0v) is 13.8. The number of aryl methyl sites for hydroxylation is 2. The largest absolute Gasteiger partial charge is 0.494 e. The Morgan fingerprint density at radius 2 is 1.91 bits per heavy atom. The van der Waals surface area contributed by atoms with Crippen molar-refractivity contribution in [2.24, 2.45) is 0 Å². The first-order valence-electron chi connectivity index (χ1n) is 7.82. The average molecular weight is 318 g/mol. The van der Waals surface area contributed by atoms with Gasteiger partial charge in [0, 0.05) is 25.2 Å². The fourth-order valence-electron chi connectivity index (χ4n) is 2.76. The molecule has 124 valence electrons. The van der Waals surface area contributed by atoms with Gasteiger partial charge in [0.05, 0.1) is 25.2 Å². The van der Waals surface area contributed by atoms with Crippen LogP contribution >= 0.6 is 0 Å². The highest BCUT2D eigenvalue weighted by Crippen LogP contribution is 2.21. The van der Waals surface area contributed by atoms with E-state index in [9.17, 15) is 0 Å². The van der Waals surface area contributed by atoms with Gasteiger partial charge in [-0.3, -0.25) is 4.90 Å². The highest BCUT2D eigenvalue weighted by Gasteiger charge is 2.23. The molecule has 1 saturated heterocycles. The Morgan fingerprint density at radius 1 is 1.22 bits per heavy atom.